The third-order valence-electron chi connectivity index (χ3n) is 3.85. The quantitative estimate of drug-likeness (QED) is 0.841. The lowest BCUT2D eigenvalue weighted by Crippen LogP contribution is -2.34. The molecule has 0 unspecified atom stereocenters. The second-order valence-corrected chi connectivity index (χ2v) is 5.13. The van der Waals surface area contributed by atoms with E-state index in [2.05, 4.69) is 36.7 Å². The van der Waals surface area contributed by atoms with Crippen LogP contribution in [0, 0.1) is 0 Å². The Kier molecular flexibility index (Phi) is 3.68. The minimum absolute atomic E-state index is 0.277. The number of anilines is 2. The van der Waals surface area contributed by atoms with Crippen LogP contribution in [0.2, 0.25) is 0 Å². The molecule has 1 saturated heterocycles. The van der Waals surface area contributed by atoms with E-state index in [1.165, 1.54) is 25.9 Å². The van der Waals surface area contributed by atoms with Crippen molar-refractivity contribution in [1.82, 2.24) is 24.8 Å². The van der Waals surface area contributed by atoms with Crippen molar-refractivity contribution in [2.45, 2.75) is 19.8 Å². The zero-order chi connectivity index (χ0) is 13.9. The molecular weight excluding hydrogens is 254 g/mol. The summed E-state index contributed by atoms with van der Waals surface area (Å²) in [6.07, 6.45) is 4.27. The molecule has 0 aliphatic carbocycles. The minimum Gasteiger partial charge on any atom is -0.368 e. The maximum Gasteiger partial charge on any atom is 0.224 e. The Hall–Kier alpha value is -1.89. The number of aromatic amines is 1. The van der Waals surface area contributed by atoms with Gasteiger partial charge in [0.1, 0.15) is 5.52 Å². The number of hydrogen-bond acceptors (Lipinski definition) is 6. The van der Waals surface area contributed by atoms with Gasteiger partial charge in [-0.3, -0.25) is 0 Å². The summed E-state index contributed by atoms with van der Waals surface area (Å²) >= 11 is 0. The predicted molar refractivity (Wildman–Crippen MR) is 79.7 cm³/mol. The number of likely N-dealkylation sites (tertiary alicyclic amines) is 1. The van der Waals surface area contributed by atoms with Crippen molar-refractivity contribution in [2.24, 2.45) is 0 Å². The molecule has 0 atom stereocenters. The standard InChI is InChI=1S/C13H21N7/c1-2-20(8-7-19-5-3-4-6-19)12-10-11(16-9-15-10)17-13(14)18-12/h9H,2-8H2,1H3,(H3,14,15,16,17,18). The van der Waals surface area contributed by atoms with E-state index in [0.717, 1.165) is 31.0 Å². The van der Waals surface area contributed by atoms with Crippen LogP contribution in [0.25, 0.3) is 11.2 Å². The fourth-order valence-corrected chi connectivity index (χ4v) is 2.75. The SMILES string of the molecule is CCN(CCN1CCCC1)c1nc(N)nc2nc[nH]c12. The molecule has 2 aromatic rings. The number of imidazole rings is 1. The summed E-state index contributed by atoms with van der Waals surface area (Å²) in [6.45, 7) is 7.45. The molecule has 1 fully saturated rings. The summed E-state index contributed by atoms with van der Waals surface area (Å²) < 4.78 is 0. The van der Waals surface area contributed by atoms with Gasteiger partial charge in [0, 0.05) is 19.6 Å². The Morgan fingerprint density at radius 1 is 1.35 bits per heavy atom. The maximum atomic E-state index is 5.78. The molecule has 7 heteroatoms. The molecule has 0 bridgehead atoms. The van der Waals surface area contributed by atoms with Gasteiger partial charge in [-0.2, -0.15) is 9.97 Å². The first kappa shape index (κ1) is 13.1. The number of nitrogen functional groups attached to an aromatic ring is 1. The van der Waals surface area contributed by atoms with Crippen LogP contribution in [0.3, 0.4) is 0 Å². The van der Waals surface area contributed by atoms with Crippen LogP contribution in [-0.2, 0) is 0 Å². The molecule has 3 heterocycles. The van der Waals surface area contributed by atoms with Crippen molar-refractivity contribution in [2.75, 3.05) is 43.4 Å². The van der Waals surface area contributed by atoms with Crippen LogP contribution in [-0.4, -0.2) is 57.6 Å². The number of nitrogens with two attached hydrogens (primary N) is 1. The fourth-order valence-electron chi connectivity index (χ4n) is 2.75. The summed E-state index contributed by atoms with van der Waals surface area (Å²) in [7, 11) is 0. The number of fused-ring (bicyclic) bond motifs is 1. The third-order valence-corrected chi connectivity index (χ3v) is 3.85. The van der Waals surface area contributed by atoms with Gasteiger partial charge in [0.15, 0.2) is 11.5 Å². The van der Waals surface area contributed by atoms with Crippen molar-refractivity contribution in [3.63, 3.8) is 0 Å². The summed E-state index contributed by atoms with van der Waals surface area (Å²) in [4.78, 5) is 20.5. The highest BCUT2D eigenvalue weighted by Gasteiger charge is 2.17. The number of nitrogens with zero attached hydrogens (tertiary/aromatic N) is 5. The fraction of sp³-hybridized carbons (Fsp3) is 0.615. The van der Waals surface area contributed by atoms with Crippen molar-refractivity contribution < 1.29 is 0 Å². The Balaban J connectivity index is 1.80. The van der Waals surface area contributed by atoms with Crippen LogP contribution in [0.1, 0.15) is 19.8 Å². The van der Waals surface area contributed by atoms with Crippen molar-refractivity contribution in [3.05, 3.63) is 6.33 Å². The molecule has 3 rings (SSSR count). The maximum absolute atomic E-state index is 5.78. The zero-order valence-electron chi connectivity index (χ0n) is 11.8. The molecule has 20 heavy (non-hydrogen) atoms. The number of likely N-dealkylation sites (N-methyl/N-ethyl adjacent to an activating group) is 1. The molecule has 1 aliphatic heterocycles. The van der Waals surface area contributed by atoms with Gasteiger partial charge in [-0.05, 0) is 32.9 Å². The molecule has 7 nitrogen and oxygen atoms in total. The largest absolute Gasteiger partial charge is 0.368 e. The van der Waals surface area contributed by atoms with E-state index >= 15 is 0 Å². The van der Waals surface area contributed by atoms with E-state index < -0.39 is 0 Å². The lowest BCUT2D eigenvalue weighted by atomic mass is 10.4. The first-order valence-corrected chi connectivity index (χ1v) is 7.22. The Morgan fingerprint density at radius 3 is 2.90 bits per heavy atom. The molecular formula is C13H21N7. The lowest BCUT2D eigenvalue weighted by molar-refractivity contribution is 0.345. The van der Waals surface area contributed by atoms with E-state index in [0.29, 0.717) is 5.65 Å². The first-order chi connectivity index (χ1) is 9.78. The monoisotopic (exact) mass is 275 g/mol. The van der Waals surface area contributed by atoms with Gasteiger partial charge in [0.2, 0.25) is 5.95 Å². The van der Waals surface area contributed by atoms with Gasteiger partial charge in [-0.1, -0.05) is 0 Å². The van der Waals surface area contributed by atoms with Crippen LogP contribution >= 0.6 is 0 Å². The van der Waals surface area contributed by atoms with Gasteiger partial charge < -0.3 is 20.5 Å². The molecule has 0 saturated carbocycles. The van der Waals surface area contributed by atoms with Crippen molar-refractivity contribution in [1.29, 1.82) is 0 Å². The van der Waals surface area contributed by atoms with Crippen LogP contribution < -0.4 is 10.6 Å². The van der Waals surface area contributed by atoms with E-state index in [4.69, 9.17) is 5.73 Å². The Bertz CT molecular complexity index is 573. The van der Waals surface area contributed by atoms with Crippen LogP contribution in [0.5, 0.6) is 0 Å². The Labute approximate surface area is 118 Å². The van der Waals surface area contributed by atoms with Crippen LogP contribution in [0.4, 0.5) is 11.8 Å². The van der Waals surface area contributed by atoms with Crippen LogP contribution in [0.15, 0.2) is 6.33 Å². The number of hydrogen-bond donors (Lipinski definition) is 2. The predicted octanol–water partition coefficient (Wildman–Crippen LogP) is 0.857. The van der Waals surface area contributed by atoms with Gasteiger partial charge in [0.25, 0.3) is 0 Å². The highest BCUT2D eigenvalue weighted by molar-refractivity contribution is 5.84. The Morgan fingerprint density at radius 2 is 2.15 bits per heavy atom. The van der Waals surface area contributed by atoms with E-state index in [9.17, 15) is 0 Å². The number of nitrogens with one attached hydrogen (secondary N) is 1. The molecule has 108 valence electrons. The lowest BCUT2D eigenvalue weighted by Gasteiger charge is -2.25. The molecule has 0 spiro atoms. The average Bonchev–Trinajstić information content (AvgIpc) is 3.09. The number of aromatic nitrogens is 4. The minimum atomic E-state index is 0.277. The van der Waals surface area contributed by atoms with E-state index in [1.807, 2.05) is 0 Å². The van der Waals surface area contributed by atoms with Gasteiger partial charge >= 0.3 is 0 Å². The molecule has 0 aromatic carbocycles. The second kappa shape index (κ2) is 5.62. The van der Waals surface area contributed by atoms with Crippen molar-refractivity contribution in [3.8, 4) is 0 Å². The normalized spacial score (nSPS) is 16.1. The summed E-state index contributed by atoms with van der Waals surface area (Å²) in [5.74, 6) is 1.13. The van der Waals surface area contributed by atoms with E-state index in [1.54, 1.807) is 6.33 Å². The summed E-state index contributed by atoms with van der Waals surface area (Å²) in [6, 6.07) is 0. The second-order valence-electron chi connectivity index (χ2n) is 5.13. The van der Waals surface area contributed by atoms with Crippen molar-refractivity contribution >= 4 is 22.9 Å². The highest BCUT2D eigenvalue weighted by Crippen LogP contribution is 2.21. The zero-order valence-corrected chi connectivity index (χ0v) is 11.8. The summed E-state index contributed by atoms with van der Waals surface area (Å²) in [5.41, 5.74) is 7.28. The molecule has 2 aromatic heterocycles. The third kappa shape index (κ3) is 2.53. The molecule has 0 radical (unpaired) electrons. The average molecular weight is 275 g/mol. The topological polar surface area (TPSA) is 87.0 Å². The number of H-pyrrole nitrogens is 1. The first-order valence-electron chi connectivity index (χ1n) is 7.22. The highest BCUT2D eigenvalue weighted by atomic mass is 15.3. The number of rotatable bonds is 5. The summed E-state index contributed by atoms with van der Waals surface area (Å²) in [5, 5.41) is 0. The smallest absolute Gasteiger partial charge is 0.224 e. The molecule has 1 aliphatic rings. The van der Waals surface area contributed by atoms with Gasteiger partial charge in [-0.15, -0.1) is 0 Å². The van der Waals surface area contributed by atoms with Gasteiger partial charge in [0.05, 0.1) is 6.33 Å². The molecule has 0 amide bonds. The van der Waals surface area contributed by atoms with Gasteiger partial charge in [-0.25, -0.2) is 4.98 Å². The molecule has 3 N–H and O–H groups in total. The van der Waals surface area contributed by atoms with E-state index in [-0.39, 0.29) is 5.95 Å².